The van der Waals surface area contributed by atoms with Crippen LogP contribution in [0.4, 0.5) is 5.69 Å². The summed E-state index contributed by atoms with van der Waals surface area (Å²) in [5, 5.41) is 10.2. The zero-order chi connectivity index (χ0) is 28.4. The number of benzene rings is 2. The van der Waals surface area contributed by atoms with Gasteiger partial charge < -0.3 is 9.84 Å². The molecule has 39 heavy (non-hydrogen) atoms. The van der Waals surface area contributed by atoms with Crippen LogP contribution in [0.2, 0.25) is 10.0 Å². The quantitative estimate of drug-likeness (QED) is 0.242. The molecule has 206 valence electrons. The number of rotatable bonds is 11. The highest BCUT2D eigenvalue weighted by molar-refractivity contribution is 7.92. The molecule has 2 heterocycles. The Labute approximate surface area is 233 Å². The number of halogens is 2. The van der Waals surface area contributed by atoms with Crippen LogP contribution in [0.25, 0.3) is 16.7 Å². The number of hydrogen-bond donors (Lipinski definition) is 2. The van der Waals surface area contributed by atoms with E-state index in [4.69, 9.17) is 27.9 Å². The van der Waals surface area contributed by atoms with Crippen LogP contribution in [0.1, 0.15) is 0 Å². The van der Waals surface area contributed by atoms with Crippen molar-refractivity contribution >= 4 is 65.8 Å². The number of aliphatic carboxylic acids is 1. The number of ether oxygens (including phenoxy) is 1. The Kier molecular flexibility index (Phi) is 8.32. The normalized spacial score (nSPS) is 12.0. The lowest BCUT2D eigenvalue weighted by Crippen LogP contribution is -2.35. The second-order valence-electron chi connectivity index (χ2n) is 8.17. The summed E-state index contributed by atoms with van der Waals surface area (Å²) >= 11 is 12.0. The molecule has 12 nitrogen and oxygen atoms in total. The van der Waals surface area contributed by atoms with Crippen molar-refractivity contribution in [3.8, 4) is 11.7 Å². The molecule has 16 heteroatoms. The minimum absolute atomic E-state index is 0.0630. The van der Waals surface area contributed by atoms with Gasteiger partial charge in [-0.15, -0.1) is 0 Å². The van der Waals surface area contributed by atoms with Crippen molar-refractivity contribution in [1.29, 1.82) is 0 Å². The van der Waals surface area contributed by atoms with Gasteiger partial charge in [0.15, 0.2) is 5.82 Å². The molecule has 0 unspecified atom stereocenters. The van der Waals surface area contributed by atoms with Crippen LogP contribution in [0, 0.1) is 0 Å². The predicted molar refractivity (Wildman–Crippen MR) is 146 cm³/mol. The van der Waals surface area contributed by atoms with Crippen molar-refractivity contribution in [2.45, 2.75) is 4.90 Å². The zero-order valence-corrected chi connectivity index (χ0v) is 23.3. The fourth-order valence-corrected chi connectivity index (χ4v) is 6.21. The van der Waals surface area contributed by atoms with Crippen LogP contribution in [0.15, 0.2) is 66.0 Å². The number of carboxylic acid groups (broad SMARTS) is 1. The Morgan fingerprint density at radius 3 is 2.38 bits per heavy atom. The number of aromatic nitrogens is 3. The third-order valence-corrected chi connectivity index (χ3v) is 8.16. The maximum absolute atomic E-state index is 13.4. The predicted octanol–water partition coefficient (Wildman–Crippen LogP) is 2.94. The lowest BCUT2D eigenvalue weighted by atomic mass is 10.2. The Morgan fingerprint density at radius 2 is 1.77 bits per heavy atom. The topological polar surface area (TPSA) is 161 Å². The van der Waals surface area contributed by atoms with Crippen LogP contribution in [-0.2, 0) is 24.8 Å². The molecule has 0 spiro atoms. The second-order valence-corrected chi connectivity index (χ2v) is 12.7. The van der Waals surface area contributed by atoms with Crippen LogP contribution in [0.5, 0.6) is 5.88 Å². The Balaban J connectivity index is 1.60. The highest BCUT2D eigenvalue weighted by Crippen LogP contribution is 2.31. The minimum Gasteiger partial charge on any atom is -0.480 e. The van der Waals surface area contributed by atoms with E-state index in [9.17, 15) is 26.7 Å². The highest BCUT2D eigenvalue weighted by Gasteiger charge is 2.28. The lowest BCUT2D eigenvalue weighted by molar-refractivity contribution is -0.135. The van der Waals surface area contributed by atoms with Crippen LogP contribution in [0.3, 0.4) is 0 Å². The first-order chi connectivity index (χ1) is 18.3. The van der Waals surface area contributed by atoms with Crippen LogP contribution < -0.4 is 13.8 Å². The SMILES string of the molecule is CS(=O)(=O)NCCOc1cnc(-n2ccc3cc(N(CC(=O)O)S(=O)(=O)c4cc(Cl)cc(Cl)c4)ccc32)cn1. The lowest BCUT2D eigenvalue weighted by Gasteiger charge is -2.23. The average Bonchev–Trinajstić information content (AvgIpc) is 3.27. The van der Waals surface area contributed by atoms with E-state index >= 15 is 0 Å². The molecule has 0 bridgehead atoms. The third-order valence-electron chi connectivity index (χ3n) is 5.24. The molecule has 0 atom stereocenters. The van der Waals surface area contributed by atoms with Crippen LogP contribution in [-0.4, -0.2) is 68.4 Å². The number of carbonyl (C=O) groups is 1. The molecule has 0 saturated carbocycles. The monoisotopic (exact) mass is 613 g/mol. The first kappa shape index (κ1) is 28.6. The fourth-order valence-electron chi connectivity index (χ4n) is 3.62. The van der Waals surface area contributed by atoms with Gasteiger partial charge in [0.1, 0.15) is 13.2 Å². The number of sulfonamides is 2. The second kappa shape index (κ2) is 11.4. The number of nitrogens with zero attached hydrogens (tertiary/aromatic N) is 4. The molecule has 2 aromatic heterocycles. The summed E-state index contributed by atoms with van der Waals surface area (Å²) in [6.07, 6.45) is 5.58. The van der Waals surface area contributed by atoms with Gasteiger partial charge in [-0.25, -0.2) is 31.5 Å². The molecule has 0 aliphatic heterocycles. The molecule has 0 fully saturated rings. The Hall–Kier alpha value is -3.43. The standard InChI is InChI=1S/C23H21Cl2N5O7S2/c1-38(33,34)28-5-7-37-22-13-26-21(12-27-22)29-6-4-15-8-18(2-3-20(15)29)30(14-23(31)32)39(35,36)19-10-16(24)9-17(25)11-19/h2-4,6,8-13,28H,5,7,14H2,1H3,(H,31,32). The molecule has 0 aliphatic rings. The van der Waals surface area contributed by atoms with Crippen molar-refractivity contribution in [3.05, 3.63) is 71.1 Å². The van der Waals surface area contributed by atoms with E-state index < -0.39 is 32.6 Å². The van der Waals surface area contributed by atoms with E-state index in [1.54, 1.807) is 22.9 Å². The number of anilines is 1. The zero-order valence-electron chi connectivity index (χ0n) is 20.2. The van der Waals surface area contributed by atoms with Crippen LogP contribution >= 0.6 is 23.2 Å². The van der Waals surface area contributed by atoms with Gasteiger partial charge in [0.25, 0.3) is 10.0 Å². The van der Waals surface area contributed by atoms with Crippen molar-refractivity contribution < 1.29 is 31.5 Å². The van der Waals surface area contributed by atoms with Crippen molar-refractivity contribution in [3.63, 3.8) is 0 Å². The van der Waals surface area contributed by atoms with Gasteiger partial charge in [0, 0.05) is 28.2 Å². The van der Waals surface area contributed by atoms with Gasteiger partial charge in [-0.05, 0) is 42.5 Å². The molecule has 2 aromatic carbocycles. The van der Waals surface area contributed by atoms with Crippen molar-refractivity contribution in [2.75, 3.05) is 30.3 Å². The first-order valence-corrected chi connectivity index (χ1v) is 15.1. The average molecular weight is 614 g/mol. The Morgan fingerprint density at radius 1 is 1.05 bits per heavy atom. The Bertz CT molecular complexity index is 1720. The van der Waals surface area contributed by atoms with Gasteiger partial charge >= 0.3 is 5.97 Å². The van der Waals surface area contributed by atoms with Crippen molar-refractivity contribution in [1.82, 2.24) is 19.3 Å². The smallest absolute Gasteiger partial charge is 0.324 e. The summed E-state index contributed by atoms with van der Waals surface area (Å²) in [6.45, 7) is -0.690. The van der Waals surface area contributed by atoms with Crippen molar-refractivity contribution in [2.24, 2.45) is 0 Å². The van der Waals surface area contributed by atoms with E-state index in [1.807, 2.05) is 0 Å². The van der Waals surface area contributed by atoms with E-state index in [2.05, 4.69) is 14.7 Å². The number of hydrogen-bond acceptors (Lipinski definition) is 8. The summed E-state index contributed by atoms with van der Waals surface area (Å²) in [5.41, 5.74) is 0.772. The van der Waals surface area contributed by atoms with Gasteiger partial charge in [-0.2, -0.15) is 0 Å². The van der Waals surface area contributed by atoms with E-state index in [1.165, 1.54) is 42.7 Å². The molecule has 0 saturated heterocycles. The fraction of sp³-hybridized carbons (Fsp3) is 0.174. The molecule has 4 aromatic rings. The molecule has 0 aliphatic carbocycles. The van der Waals surface area contributed by atoms with Gasteiger partial charge in [0.05, 0.1) is 34.7 Å². The third kappa shape index (κ3) is 6.96. The maximum Gasteiger partial charge on any atom is 0.324 e. The minimum atomic E-state index is -4.33. The number of fused-ring (bicyclic) bond motifs is 1. The summed E-state index contributed by atoms with van der Waals surface area (Å²) in [6, 6.07) is 10.1. The van der Waals surface area contributed by atoms with Gasteiger partial charge in [0.2, 0.25) is 15.9 Å². The highest BCUT2D eigenvalue weighted by atomic mass is 35.5. The molecule has 4 rings (SSSR count). The molecule has 0 amide bonds. The molecular weight excluding hydrogens is 593 g/mol. The largest absolute Gasteiger partial charge is 0.480 e. The van der Waals surface area contributed by atoms with E-state index in [0.29, 0.717) is 16.7 Å². The molecule has 2 N–H and O–H groups in total. The summed E-state index contributed by atoms with van der Waals surface area (Å²) < 4.78 is 59.1. The van der Waals surface area contributed by atoms with E-state index in [0.717, 1.165) is 10.6 Å². The van der Waals surface area contributed by atoms with E-state index in [-0.39, 0.29) is 39.7 Å². The summed E-state index contributed by atoms with van der Waals surface area (Å²) in [4.78, 5) is 19.8. The summed E-state index contributed by atoms with van der Waals surface area (Å²) in [7, 11) is -7.65. The maximum atomic E-state index is 13.4. The van der Waals surface area contributed by atoms with Gasteiger partial charge in [-0.3, -0.25) is 13.7 Å². The number of carboxylic acids is 1. The first-order valence-electron chi connectivity index (χ1n) is 11.0. The molecule has 0 radical (unpaired) electrons. The molecular formula is C23H21Cl2N5O7S2. The number of nitrogens with one attached hydrogen (secondary N) is 1. The van der Waals surface area contributed by atoms with Gasteiger partial charge in [-0.1, -0.05) is 23.2 Å². The summed E-state index contributed by atoms with van der Waals surface area (Å²) in [5.74, 6) is -0.722.